The van der Waals surface area contributed by atoms with E-state index in [1.807, 2.05) is 18.2 Å². The number of carbonyl (C=O) groups excluding carboxylic acids is 1. The molecule has 0 atom stereocenters. The fourth-order valence-electron chi connectivity index (χ4n) is 3.10. The van der Waals surface area contributed by atoms with Crippen molar-refractivity contribution in [3.05, 3.63) is 60.2 Å². The van der Waals surface area contributed by atoms with Gasteiger partial charge < -0.3 is 0 Å². The van der Waals surface area contributed by atoms with Gasteiger partial charge in [0.15, 0.2) is 0 Å². The molecule has 3 rings (SSSR count). The monoisotopic (exact) mass is 427 g/mol. The van der Waals surface area contributed by atoms with Gasteiger partial charge in [0.25, 0.3) is 0 Å². The highest BCUT2D eigenvalue weighted by atomic mass is 32.2. The number of para-hydroxylation sites is 1. The maximum Gasteiger partial charge on any atom is 0.416 e. The zero-order chi connectivity index (χ0) is 21.1. The van der Waals surface area contributed by atoms with Gasteiger partial charge in [-0.3, -0.25) is 15.6 Å². The number of amides is 1. The predicted molar refractivity (Wildman–Crippen MR) is 101 cm³/mol. The summed E-state index contributed by atoms with van der Waals surface area (Å²) in [5.41, 5.74) is 5.09. The Morgan fingerprint density at radius 3 is 2.28 bits per heavy atom. The van der Waals surface area contributed by atoms with Gasteiger partial charge in [0.05, 0.1) is 16.1 Å². The van der Waals surface area contributed by atoms with Crippen molar-refractivity contribution in [3.8, 4) is 0 Å². The fourth-order valence-corrected chi connectivity index (χ4v) is 4.61. The molecule has 0 bridgehead atoms. The largest absolute Gasteiger partial charge is 0.416 e. The van der Waals surface area contributed by atoms with Crippen molar-refractivity contribution in [1.29, 1.82) is 0 Å². The Morgan fingerprint density at radius 1 is 1.00 bits per heavy atom. The normalized spacial score (nSPS) is 16.4. The Balaban J connectivity index is 1.60. The molecule has 0 aliphatic carbocycles. The summed E-state index contributed by atoms with van der Waals surface area (Å²) in [4.78, 5) is 11.9. The van der Waals surface area contributed by atoms with E-state index in [-0.39, 0.29) is 37.8 Å². The number of nitrogens with zero attached hydrogens (tertiary/aromatic N) is 1. The molecule has 0 radical (unpaired) electrons. The first-order chi connectivity index (χ1) is 13.7. The van der Waals surface area contributed by atoms with E-state index in [4.69, 9.17) is 0 Å². The number of anilines is 1. The second-order valence-corrected chi connectivity index (χ2v) is 8.62. The minimum absolute atomic E-state index is 0.0575. The number of hydrogen-bond acceptors (Lipinski definition) is 4. The molecule has 1 aliphatic heterocycles. The smallest absolute Gasteiger partial charge is 0.299 e. The first-order valence-electron chi connectivity index (χ1n) is 8.96. The Morgan fingerprint density at radius 2 is 1.66 bits per heavy atom. The predicted octanol–water partition coefficient (Wildman–Crippen LogP) is 3.25. The average molecular weight is 427 g/mol. The summed E-state index contributed by atoms with van der Waals surface area (Å²) >= 11 is 0. The van der Waals surface area contributed by atoms with Crippen molar-refractivity contribution in [3.63, 3.8) is 0 Å². The third-order valence-corrected chi connectivity index (χ3v) is 6.62. The zero-order valence-corrected chi connectivity index (χ0v) is 16.1. The molecule has 0 spiro atoms. The molecule has 1 saturated heterocycles. The zero-order valence-electron chi connectivity index (χ0n) is 15.3. The van der Waals surface area contributed by atoms with Crippen LogP contribution in [0.5, 0.6) is 0 Å². The van der Waals surface area contributed by atoms with Crippen LogP contribution in [-0.4, -0.2) is 31.7 Å². The highest BCUT2D eigenvalue weighted by Gasteiger charge is 2.35. The molecule has 1 amide bonds. The minimum Gasteiger partial charge on any atom is -0.299 e. The van der Waals surface area contributed by atoms with Crippen molar-refractivity contribution < 1.29 is 26.4 Å². The highest BCUT2D eigenvalue weighted by Crippen LogP contribution is 2.32. The first-order valence-corrected chi connectivity index (χ1v) is 10.4. The molecule has 1 fully saturated rings. The molecule has 29 heavy (non-hydrogen) atoms. The molecule has 2 N–H and O–H groups in total. The number of piperidine rings is 1. The molecule has 6 nitrogen and oxygen atoms in total. The van der Waals surface area contributed by atoms with E-state index in [1.54, 1.807) is 12.1 Å². The van der Waals surface area contributed by atoms with Crippen LogP contribution >= 0.6 is 0 Å². The topological polar surface area (TPSA) is 78.5 Å². The van der Waals surface area contributed by atoms with E-state index < -0.39 is 26.7 Å². The Hall–Kier alpha value is -2.59. The van der Waals surface area contributed by atoms with Gasteiger partial charge in [0.2, 0.25) is 15.9 Å². The van der Waals surface area contributed by atoms with Crippen LogP contribution in [0, 0.1) is 5.92 Å². The third kappa shape index (κ3) is 5.07. The molecular weight excluding hydrogens is 407 g/mol. The standard InChI is InChI=1S/C19H20F3N3O3S/c20-19(21,22)15-5-4-8-17(13-15)29(27,28)25-11-9-14(10-12-25)18(26)24-23-16-6-2-1-3-7-16/h1-8,13-14,23H,9-12H2,(H,24,26). The Kier molecular flexibility index (Phi) is 6.13. The van der Waals surface area contributed by atoms with Crippen molar-refractivity contribution in [2.75, 3.05) is 18.5 Å². The van der Waals surface area contributed by atoms with Gasteiger partial charge in [0.1, 0.15) is 0 Å². The first kappa shape index (κ1) is 21.1. The van der Waals surface area contributed by atoms with E-state index >= 15 is 0 Å². The third-order valence-electron chi connectivity index (χ3n) is 4.73. The lowest BCUT2D eigenvalue weighted by Gasteiger charge is -2.30. The van der Waals surface area contributed by atoms with Crippen LogP contribution < -0.4 is 10.9 Å². The average Bonchev–Trinajstić information content (AvgIpc) is 2.72. The quantitative estimate of drug-likeness (QED) is 0.718. The lowest BCUT2D eigenvalue weighted by atomic mass is 9.98. The summed E-state index contributed by atoms with van der Waals surface area (Å²) in [5.74, 6) is -0.649. The lowest BCUT2D eigenvalue weighted by Crippen LogP contribution is -2.44. The Labute approximate surface area is 166 Å². The number of halogens is 3. The SMILES string of the molecule is O=C(NNc1ccccc1)C1CCN(S(=O)(=O)c2cccc(C(F)(F)F)c2)CC1. The van der Waals surface area contributed by atoms with E-state index in [1.165, 1.54) is 0 Å². The second kappa shape index (κ2) is 8.42. The molecule has 0 unspecified atom stereocenters. The van der Waals surface area contributed by atoms with Crippen molar-refractivity contribution >= 4 is 21.6 Å². The molecule has 1 heterocycles. The number of alkyl halides is 3. The van der Waals surface area contributed by atoms with E-state index in [0.717, 1.165) is 22.5 Å². The number of benzene rings is 2. The summed E-state index contributed by atoms with van der Waals surface area (Å²) in [6.07, 6.45) is -4.07. The van der Waals surface area contributed by atoms with Gasteiger partial charge in [-0.25, -0.2) is 8.42 Å². The summed E-state index contributed by atoms with van der Waals surface area (Å²) in [7, 11) is -4.06. The number of sulfonamides is 1. The van der Waals surface area contributed by atoms with Crippen LogP contribution in [0.2, 0.25) is 0 Å². The van der Waals surface area contributed by atoms with Gasteiger partial charge in [-0.05, 0) is 43.2 Å². The molecule has 0 aromatic heterocycles. The number of rotatable bonds is 5. The molecule has 2 aromatic carbocycles. The number of nitrogens with one attached hydrogen (secondary N) is 2. The van der Waals surface area contributed by atoms with Crippen molar-refractivity contribution in [2.45, 2.75) is 23.9 Å². The van der Waals surface area contributed by atoms with Crippen LogP contribution in [0.3, 0.4) is 0 Å². The fraction of sp³-hybridized carbons (Fsp3) is 0.316. The van der Waals surface area contributed by atoms with Crippen LogP contribution in [-0.2, 0) is 21.0 Å². The highest BCUT2D eigenvalue weighted by molar-refractivity contribution is 7.89. The summed E-state index contributed by atoms with van der Waals surface area (Å²) in [6, 6.07) is 12.7. The number of hydrogen-bond donors (Lipinski definition) is 2. The van der Waals surface area contributed by atoms with Crippen LogP contribution in [0.15, 0.2) is 59.5 Å². The van der Waals surface area contributed by atoms with Crippen LogP contribution in [0.1, 0.15) is 18.4 Å². The van der Waals surface area contributed by atoms with E-state index in [2.05, 4.69) is 10.9 Å². The minimum atomic E-state index is -4.62. The molecule has 0 saturated carbocycles. The van der Waals surface area contributed by atoms with Crippen molar-refractivity contribution in [1.82, 2.24) is 9.73 Å². The van der Waals surface area contributed by atoms with Gasteiger partial charge in [0, 0.05) is 19.0 Å². The lowest BCUT2D eigenvalue weighted by molar-refractivity contribution is -0.137. The van der Waals surface area contributed by atoms with Gasteiger partial charge in [-0.15, -0.1) is 0 Å². The second-order valence-electron chi connectivity index (χ2n) is 6.68. The maximum absolute atomic E-state index is 12.9. The summed E-state index contributed by atoms with van der Waals surface area (Å²) < 4.78 is 65.1. The van der Waals surface area contributed by atoms with Crippen LogP contribution in [0.25, 0.3) is 0 Å². The van der Waals surface area contributed by atoms with Gasteiger partial charge in [-0.1, -0.05) is 24.3 Å². The summed E-state index contributed by atoms with van der Waals surface area (Å²) in [5, 5.41) is 0. The van der Waals surface area contributed by atoms with Crippen LogP contribution in [0.4, 0.5) is 18.9 Å². The molecular formula is C19H20F3N3O3S. The molecule has 156 valence electrons. The molecule has 10 heteroatoms. The molecule has 2 aromatic rings. The van der Waals surface area contributed by atoms with Gasteiger partial charge in [-0.2, -0.15) is 17.5 Å². The van der Waals surface area contributed by atoms with Gasteiger partial charge >= 0.3 is 6.18 Å². The van der Waals surface area contributed by atoms with E-state index in [9.17, 15) is 26.4 Å². The van der Waals surface area contributed by atoms with Crippen molar-refractivity contribution in [2.24, 2.45) is 5.92 Å². The maximum atomic E-state index is 12.9. The number of carbonyl (C=O) groups is 1. The number of hydrazine groups is 1. The summed E-state index contributed by atoms with van der Waals surface area (Å²) in [6.45, 7) is 0.115. The van der Waals surface area contributed by atoms with E-state index in [0.29, 0.717) is 11.8 Å². The Bertz CT molecular complexity index is 957. The molecule has 1 aliphatic rings.